The van der Waals surface area contributed by atoms with Crippen molar-refractivity contribution in [2.45, 2.75) is 19.8 Å². The molecular weight excluding hydrogens is 236 g/mol. The van der Waals surface area contributed by atoms with Crippen molar-refractivity contribution >= 4 is 11.9 Å². The highest BCUT2D eigenvalue weighted by Gasteiger charge is 2.02. The fourth-order valence-corrected chi connectivity index (χ4v) is 1.80. The molecule has 0 N–H and O–H groups in total. The molecule has 1 aromatic heterocycles. The Morgan fingerprint density at radius 1 is 1.26 bits per heavy atom. The van der Waals surface area contributed by atoms with Crippen LogP contribution in [0.1, 0.15) is 23.2 Å². The van der Waals surface area contributed by atoms with Gasteiger partial charge >= 0.3 is 0 Å². The number of carbonyl (C=O) groups is 1. The van der Waals surface area contributed by atoms with E-state index in [-0.39, 0.29) is 5.78 Å². The molecule has 0 aliphatic rings. The van der Waals surface area contributed by atoms with Crippen molar-refractivity contribution in [3.63, 3.8) is 0 Å². The maximum atomic E-state index is 11.8. The number of aryl methyl sites for hydroxylation is 1. The highest BCUT2D eigenvalue weighted by molar-refractivity contribution is 5.82. The van der Waals surface area contributed by atoms with E-state index >= 15 is 0 Å². The lowest BCUT2D eigenvalue weighted by Gasteiger charge is -1.97. The summed E-state index contributed by atoms with van der Waals surface area (Å²) in [5.41, 5.74) is 3.05. The predicted molar refractivity (Wildman–Crippen MR) is 75.6 cm³/mol. The van der Waals surface area contributed by atoms with Crippen LogP contribution >= 0.6 is 0 Å². The molecular formula is C16H16N2O. The lowest BCUT2D eigenvalue weighted by atomic mass is 10.1. The minimum Gasteiger partial charge on any atom is -0.299 e. The molecule has 0 saturated carbocycles. The third-order valence-electron chi connectivity index (χ3n) is 2.70. The largest absolute Gasteiger partial charge is 0.299 e. The summed E-state index contributed by atoms with van der Waals surface area (Å²) < 4.78 is 0. The maximum Gasteiger partial charge on any atom is 0.142 e. The molecule has 0 unspecified atom stereocenters. The van der Waals surface area contributed by atoms with Gasteiger partial charge in [0.1, 0.15) is 5.78 Å². The molecule has 3 heteroatoms. The quantitative estimate of drug-likeness (QED) is 0.821. The second kappa shape index (κ2) is 6.59. The van der Waals surface area contributed by atoms with Crippen molar-refractivity contribution in [1.82, 2.24) is 10.2 Å². The van der Waals surface area contributed by atoms with Gasteiger partial charge in [-0.05, 0) is 24.6 Å². The predicted octanol–water partition coefficient (Wildman–Crippen LogP) is 3.00. The van der Waals surface area contributed by atoms with Crippen LogP contribution in [-0.2, 0) is 11.2 Å². The van der Waals surface area contributed by atoms with Gasteiger partial charge in [0.2, 0.25) is 0 Å². The van der Waals surface area contributed by atoms with Crippen LogP contribution in [-0.4, -0.2) is 16.0 Å². The van der Waals surface area contributed by atoms with Crippen LogP contribution in [0, 0.1) is 6.92 Å². The lowest BCUT2D eigenvalue weighted by molar-refractivity contribution is -0.117. The topological polar surface area (TPSA) is 42.9 Å². The van der Waals surface area contributed by atoms with Gasteiger partial charge in [0.25, 0.3) is 0 Å². The van der Waals surface area contributed by atoms with Crippen molar-refractivity contribution in [3.05, 3.63) is 65.5 Å². The molecule has 0 fully saturated rings. The number of carbonyl (C=O) groups excluding carboxylic acids is 1. The number of nitrogens with zero attached hydrogens (tertiary/aromatic N) is 2. The SMILES string of the molecule is Cc1cccc(/C=C/CC(=O)Cc2cccnn2)c1. The molecule has 0 radical (unpaired) electrons. The summed E-state index contributed by atoms with van der Waals surface area (Å²) in [6, 6.07) is 11.8. The zero-order chi connectivity index (χ0) is 13.5. The van der Waals surface area contributed by atoms with E-state index in [2.05, 4.69) is 29.3 Å². The van der Waals surface area contributed by atoms with Crippen molar-refractivity contribution in [1.29, 1.82) is 0 Å². The average molecular weight is 252 g/mol. The van der Waals surface area contributed by atoms with E-state index < -0.39 is 0 Å². The molecule has 19 heavy (non-hydrogen) atoms. The van der Waals surface area contributed by atoms with Gasteiger partial charge in [-0.25, -0.2) is 0 Å². The number of hydrogen-bond acceptors (Lipinski definition) is 3. The molecule has 0 aliphatic carbocycles. The van der Waals surface area contributed by atoms with Crippen LogP contribution in [0.3, 0.4) is 0 Å². The number of benzene rings is 1. The fraction of sp³-hybridized carbons (Fsp3) is 0.188. The molecule has 96 valence electrons. The smallest absolute Gasteiger partial charge is 0.142 e. The summed E-state index contributed by atoms with van der Waals surface area (Å²) in [6.45, 7) is 2.05. The molecule has 0 atom stereocenters. The van der Waals surface area contributed by atoms with Gasteiger partial charge in [0.15, 0.2) is 0 Å². The first-order valence-corrected chi connectivity index (χ1v) is 6.25. The van der Waals surface area contributed by atoms with E-state index in [0.29, 0.717) is 12.8 Å². The second-order valence-corrected chi connectivity index (χ2v) is 4.45. The van der Waals surface area contributed by atoms with Crippen molar-refractivity contribution in [2.75, 3.05) is 0 Å². The molecule has 1 heterocycles. The zero-order valence-electron chi connectivity index (χ0n) is 10.9. The number of aromatic nitrogens is 2. The Morgan fingerprint density at radius 2 is 2.16 bits per heavy atom. The highest BCUT2D eigenvalue weighted by Crippen LogP contribution is 2.07. The molecule has 0 saturated heterocycles. The summed E-state index contributed by atoms with van der Waals surface area (Å²) >= 11 is 0. The van der Waals surface area contributed by atoms with E-state index in [4.69, 9.17) is 0 Å². The van der Waals surface area contributed by atoms with Crippen LogP contribution in [0.4, 0.5) is 0 Å². The molecule has 0 aliphatic heterocycles. The van der Waals surface area contributed by atoms with Crippen molar-refractivity contribution < 1.29 is 4.79 Å². The molecule has 0 bridgehead atoms. The first-order valence-electron chi connectivity index (χ1n) is 6.25. The molecule has 0 amide bonds. The van der Waals surface area contributed by atoms with E-state index in [9.17, 15) is 4.79 Å². The van der Waals surface area contributed by atoms with Crippen LogP contribution in [0.15, 0.2) is 48.7 Å². The first kappa shape index (κ1) is 13.1. The number of hydrogen-bond donors (Lipinski definition) is 0. The monoisotopic (exact) mass is 252 g/mol. The highest BCUT2D eigenvalue weighted by atomic mass is 16.1. The third kappa shape index (κ3) is 4.47. The summed E-state index contributed by atoms with van der Waals surface area (Å²) in [5, 5.41) is 7.66. The summed E-state index contributed by atoms with van der Waals surface area (Å²) in [6.07, 6.45) is 6.23. The third-order valence-corrected chi connectivity index (χ3v) is 2.70. The molecule has 1 aromatic carbocycles. The average Bonchev–Trinajstić information content (AvgIpc) is 2.40. The first-order chi connectivity index (χ1) is 9.24. The van der Waals surface area contributed by atoms with Gasteiger partial charge in [-0.15, -0.1) is 0 Å². The molecule has 0 spiro atoms. The summed E-state index contributed by atoms with van der Waals surface area (Å²) in [4.78, 5) is 11.8. The van der Waals surface area contributed by atoms with Crippen LogP contribution < -0.4 is 0 Å². The number of rotatable bonds is 5. The van der Waals surface area contributed by atoms with Gasteiger partial charge in [-0.3, -0.25) is 4.79 Å². The van der Waals surface area contributed by atoms with Crippen molar-refractivity contribution in [3.8, 4) is 0 Å². The Bertz CT molecular complexity index is 576. The Morgan fingerprint density at radius 3 is 2.89 bits per heavy atom. The van der Waals surface area contributed by atoms with Crippen LogP contribution in [0.5, 0.6) is 0 Å². The number of ketones is 1. The Balaban J connectivity index is 1.87. The lowest BCUT2D eigenvalue weighted by Crippen LogP contribution is -2.03. The van der Waals surface area contributed by atoms with E-state index in [1.165, 1.54) is 5.56 Å². The molecule has 3 nitrogen and oxygen atoms in total. The van der Waals surface area contributed by atoms with Gasteiger partial charge < -0.3 is 0 Å². The number of Topliss-reactive ketones (excluding diaryl/α,β-unsaturated/α-hetero) is 1. The van der Waals surface area contributed by atoms with Gasteiger partial charge in [-0.1, -0.05) is 42.0 Å². The second-order valence-electron chi connectivity index (χ2n) is 4.45. The molecule has 2 aromatic rings. The van der Waals surface area contributed by atoms with Gasteiger partial charge in [0.05, 0.1) is 12.1 Å². The standard InChI is InChI=1S/C16H16N2O/c1-13-5-2-6-14(11-13)7-3-9-16(19)12-15-8-4-10-17-18-15/h2-8,10-11H,9,12H2,1H3/b7-3+. The van der Waals surface area contributed by atoms with E-state index in [1.807, 2.05) is 30.4 Å². The minimum atomic E-state index is 0.143. The normalized spacial score (nSPS) is 10.8. The van der Waals surface area contributed by atoms with Crippen LogP contribution in [0.2, 0.25) is 0 Å². The van der Waals surface area contributed by atoms with Gasteiger partial charge in [0, 0.05) is 12.6 Å². The minimum absolute atomic E-state index is 0.143. The Labute approximate surface area is 113 Å². The van der Waals surface area contributed by atoms with E-state index in [1.54, 1.807) is 12.3 Å². The summed E-state index contributed by atoms with van der Waals surface area (Å²) in [7, 11) is 0. The Kier molecular flexibility index (Phi) is 4.56. The van der Waals surface area contributed by atoms with E-state index in [0.717, 1.165) is 11.3 Å². The van der Waals surface area contributed by atoms with Crippen LogP contribution in [0.25, 0.3) is 6.08 Å². The zero-order valence-corrected chi connectivity index (χ0v) is 10.9. The van der Waals surface area contributed by atoms with Gasteiger partial charge in [-0.2, -0.15) is 10.2 Å². The number of allylic oxidation sites excluding steroid dienone is 1. The summed E-state index contributed by atoms with van der Waals surface area (Å²) in [5.74, 6) is 0.143. The maximum absolute atomic E-state index is 11.8. The fourth-order valence-electron chi connectivity index (χ4n) is 1.80. The molecule has 2 rings (SSSR count). The Hall–Kier alpha value is -2.29. The van der Waals surface area contributed by atoms with Crippen molar-refractivity contribution in [2.24, 2.45) is 0 Å².